The first-order valence-corrected chi connectivity index (χ1v) is 13.2. The Bertz CT molecular complexity index is 1140. The third-order valence-electron chi connectivity index (χ3n) is 5.74. The standard InChI is InChI=1S/C21H26N2O4S2/c1-2-28(24,25)23-13-5-8-17-9-11-19(15-21(17)23)22-29(26,27)20-12-10-16-6-3-4-7-18(16)14-20/h9-12,14-15,22H,2-8,13H2,1H3. The molecule has 2 aliphatic rings. The summed E-state index contributed by atoms with van der Waals surface area (Å²) in [4.78, 5) is 0.244. The van der Waals surface area contributed by atoms with Gasteiger partial charge in [0.25, 0.3) is 10.0 Å². The van der Waals surface area contributed by atoms with E-state index in [2.05, 4.69) is 4.72 Å². The summed E-state index contributed by atoms with van der Waals surface area (Å²) in [5.41, 5.74) is 4.20. The number of hydrogen-bond acceptors (Lipinski definition) is 4. The van der Waals surface area contributed by atoms with Crippen LogP contribution in [-0.2, 0) is 39.3 Å². The van der Waals surface area contributed by atoms with E-state index >= 15 is 0 Å². The van der Waals surface area contributed by atoms with E-state index in [1.54, 1.807) is 31.2 Å². The van der Waals surface area contributed by atoms with Crippen LogP contribution in [0.15, 0.2) is 41.3 Å². The molecular weight excluding hydrogens is 408 g/mol. The van der Waals surface area contributed by atoms with Crippen molar-refractivity contribution < 1.29 is 16.8 Å². The van der Waals surface area contributed by atoms with Gasteiger partial charge in [-0.25, -0.2) is 16.8 Å². The average molecular weight is 435 g/mol. The Morgan fingerprint density at radius 2 is 1.55 bits per heavy atom. The van der Waals surface area contributed by atoms with Gasteiger partial charge in [-0.3, -0.25) is 9.03 Å². The van der Waals surface area contributed by atoms with Gasteiger partial charge < -0.3 is 0 Å². The molecule has 0 spiro atoms. The minimum absolute atomic E-state index is 0.0114. The Morgan fingerprint density at radius 3 is 2.31 bits per heavy atom. The summed E-state index contributed by atoms with van der Waals surface area (Å²) in [5, 5.41) is 0. The third kappa shape index (κ3) is 4.00. The van der Waals surface area contributed by atoms with Gasteiger partial charge in [0.1, 0.15) is 0 Å². The number of rotatable bonds is 5. The molecule has 0 atom stereocenters. The fraction of sp³-hybridized carbons (Fsp3) is 0.429. The first-order chi connectivity index (χ1) is 13.8. The molecule has 8 heteroatoms. The normalized spacial score (nSPS) is 16.8. The topological polar surface area (TPSA) is 83.6 Å². The van der Waals surface area contributed by atoms with E-state index in [0.29, 0.717) is 17.9 Å². The SMILES string of the molecule is CCS(=O)(=O)N1CCCc2ccc(NS(=O)(=O)c3ccc4c(c3)CCCC4)cc21. The van der Waals surface area contributed by atoms with E-state index in [9.17, 15) is 16.8 Å². The van der Waals surface area contributed by atoms with Gasteiger partial charge in [-0.2, -0.15) is 0 Å². The van der Waals surface area contributed by atoms with Gasteiger partial charge in [0.15, 0.2) is 0 Å². The Hall–Kier alpha value is -2.06. The highest BCUT2D eigenvalue weighted by atomic mass is 32.2. The van der Waals surface area contributed by atoms with Gasteiger partial charge in [0, 0.05) is 6.54 Å². The molecule has 2 aromatic rings. The number of sulfonamides is 2. The molecule has 29 heavy (non-hydrogen) atoms. The molecular formula is C21H26N2O4S2. The van der Waals surface area contributed by atoms with Crippen LogP contribution in [0.3, 0.4) is 0 Å². The van der Waals surface area contributed by atoms with Crippen molar-refractivity contribution in [1.29, 1.82) is 0 Å². The van der Waals surface area contributed by atoms with Crippen molar-refractivity contribution in [2.24, 2.45) is 0 Å². The fourth-order valence-electron chi connectivity index (χ4n) is 4.14. The minimum Gasteiger partial charge on any atom is -0.280 e. The van der Waals surface area contributed by atoms with Crippen molar-refractivity contribution >= 4 is 31.4 Å². The van der Waals surface area contributed by atoms with E-state index < -0.39 is 20.0 Å². The molecule has 1 heterocycles. The quantitative estimate of drug-likeness (QED) is 0.781. The molecule has 0 bridgehead atoms. The zero-order chi connectivity index (χ0) is 20.6. The van der Waals surface area contributed by atoms with Gasteiger partial charge in [0.2, 0.25) is 10.0 Å². The number of hydrogen-bond donors (Lipinski definition) is 1. The van der Waals surface area contributed by atoms with Gasteiger partial charge in [-0.1, -0.05) is 12.1 Å². The molecule has 1 aliphatic heterocycles. The summed E-state index contributed by atoms with van der Waals surface area (Å²) in [5.74, 6) is 0.0114. The van der Waals surface area contributed by atoms with Crippen LogP contribution < -0.4 is 9.03 Å². The highest BCUT2D eigenvalue weighted by Crippen LogP contribution is 2.33. The van der Waals surface area contributed by atoms with Crippen LogP contribution in [0.2, 0.25) is 0 Å². The molecule has 0 fully saturated rings. The zero-order valence-electron chi connectivity index (χ0n) is 16.5. The lowest BCUT2D eigenvalue weighted by atomic mass is 9.92. The fourth-order valence-corrected chi connectivity index (χ4v) is 6.43. The Balaban J connectivity index is 1.65. The number of nitrogens with one attached hydrogen (secondary N) is 1. The largest absolute Gasteiger partial charge is 0.280 e. The Morgan fingerprint density at radius 1 is 0.862 bits per heavy atom. The summed E-state index contributed by atoms with van der Waals surface area (Å²) in [6.45, 7) is 2.04. The smallest absolute Gasteiger partial charge is 0.261 e. The molecule has 0 saturated heterocycles. The maximum absolute atomic E-state index is 12.9. The molecule has 156 valence electrons. The Labute approximate surface area is 173 Å². The molecule has 0 amide bonds. The maximum Gasteiger partial charge on any atom is 0.261 e. The molecule has 0 saturated carbocycles. The van der Waals surface area contributed by atoms with Crippen molar-refractivity contribution in [3.05, 3.63) is 53.1 Å². The van der Waals surface area contributed by atoms with Crippen LogP contribution >= 0.6 is 0 Å². The maximum atomic E-state index is 12.9. The number of fused-ring (bicyclic) bond motifs is 2. The van der Waals surface area contributed by atoms with Crippen LogP contribution in [0, 0.1) is 0 Å². The van der Waals surface area contributed by atoms with Crippen molar-refractivity contribution in [2.75, 3.05) is 21.3 Å². The van der Waals surface area contributed by atoms with Crippen molar-refractivity contribution in [1.82, 2.24) is 0 Å². The van der Waals surface area contributed by atoms with Gasteiger partial charge in [-0.15, -0.1) is 0 Å². The summed E-state index contributed by atoms with van der Waals surface area (Å²) in [6, 6.07) is 10.5. The molecule has 0 unspecified atom stereocenters. The van der Waals surface area contributed by atoms with Crippen LogP contribution in [0.4, 0.5) is 11.4 Å². The predicted octanol–water partition coefficient (Wildman–Crippen LogP) is 3.47. The van der Waals surface area contributed by atoms with Gasteiger partial charge in [0.05, 0.1) is 22.0 Å². The lowest BCUT2D eigenvalue weighted by Crippen LogP contribution is -2.36. The van der Waals surface area contributed by atoms with Crippen LogP contribution in [0.25, 0.3) is 0 Å². The molecule has 0 radical (unpaired) electrons. The number of benzene rings is 2. The second-order valence-electron chi connectivity index (χ2n) is 7.66. The van der Waals surface area contributed by atoms with Crippen molar-refractivity contribution in [3.8, 4) is 0 Å². The first kappa shape index (κ1) is 20.2. The second-order valence-corrected chi connectivity index (χ2v) is 11.5. The monoisotopic (exact) mass is 434 g/mol. The number of nitrogens with zero attached hydrogens (tertiary/aromatic N) is 1. The molecule has 2 aromatic carbocycles. The minimum atomic E-state index is -3.75. The summed E-state index contributed by atoms with van der Waals surface area (Å²) in [6.07, 6.45) is 5.66. The summed E-state index contributed by atoms with van der Waals surface area (Å²) < 4.78 is 54.8. The van der Waals surface area contributed by atoms with Gasteiger partial charge in [-0.05, 0) is 86.4 Å². The highest BCUT2D eigenvalue weighted by molar-refractivity contribution is 7.93. The van der Waals surface area contributed by atoms with E-state index in [4.69, 9.17) is 0 Å². The van der Waals surface area contributed by atoms with E-state index in [1.807, 2.05) is 12.1 Å². The van der Waals surface area contributed by atoms with Crippen LogP contribution in [0.1, 0.15) is 42.9 Å². The second kappa shape index (κ2) is 7.65. The lowest BCUT2D eigenvalue weighted by molar-refractivity contribution is 0.587. The molecule has 1 N–H and O–H groups in total. The number of aryl methyl sites for hydroxylation is 3. The Kier molecular flexibility index (Phi) is 5.33. The van der Waals surface area contributed by atoms with E-state index in [1.165, 1.54) is 9.87 Å². The molecule has 0 aromatic heterocycles. The zero-order valence-corrected chi connectivity index (χ0v) is 18.2. The predicted molar refractivity (Wildman–Crippen MR) is 115 cm³/mol. The van der Waals surface area contributed by atoms with Crippen LogP contribution in [0.5, 0.6) is 0 Å². The van der Waals surface area contributed by atoms with Crippen LogP contribution in [-0.4, -0.2) is 29.1 Å². The van der Waals surface area contributed by atoms with E-state index in [0.717, 1.165) is 49.7 Å². The van der Waals surface area contributed by atoms with E-state index in [-0.39, 0.29) is 10.6 Å². The highest BCUT2D eigenvalue weighted by Gasteiger charge is 2.27. The summed E-state index contributed by atoms with van der Waals surface area (Å²) in [7, 11) is -7.15. The molecule has 4 rings (SSSR count). The lowest BCUT2D eigenvalue weighted by Gasteiger charge is -2.30. The van der Waals surface area contributed by atoms with Gasteiger partial charge >= 0.3 is 0 Å². The van der Waals surface area contributed by atoms with Crippen molar-refractivity contribution in [2.45, 2.75) is 50.3 Å². The molecule has 6 nitrogen and oxygen atoms in total. The summed E-state index contributed by atoms with van der Waals surface area (Å²) >= 11 is 0. The van der Waals surface area contributed by atoms with Crippen molar-refractivity contribution in [3.63, 3.8) is 0 Å². The first-order valence-electron chi connectivity index (χ1n) is 10.1. The number of anilines is 2. The third-order valence-corrected chi connectivity index (χ3v) is 8.90. The molecule has 1 aliphatic carbocycles. The average Bonchev–Trinajstić information content (AvgIpc) is 2.72.